The average Bonchev–Trinajstić information content (AvgIpc) is 2.95. The second-order valence-electron chi connectivity index (χ2n) is 9.63. The molecule has 1 amide bonds. The van der Waals surface area contributed by atoms with E-state index in [4.69, 9.17) is 10.5 Å². The molecule has 190 valence electrons. The minimum atomic E-state index is -0.245. The van der Waals surface area contributed by atoms with Crippen molar-refractivity contribution in [2.45, 2.75) is 25.4 Å². The summed E-state index contributed by atoms with van der Waals surface area (Å²) in [5, 5.41) is 12.7. The maximum absolute atomic E-state index is 12.6. The van der Waals surface area contributed by atoms with E-state index in [9.17, 15) is 10.1 Å². The number of nitrogen functional groups attached to an aromatic ring is 1. The Morgan fingerprint density at radius 1 is 1.08 bits per heavy atom. The molecule has 2 saturated heterocycles. The summed E-state index contributed by atoms with van der Waals surface area (Å²) in [6, 6.07) is 19.1. The molecular formula is C29H32N6O2. The van der Waals surface area contributed by atoms with Crippen LogP contribution in [0.25, 0.3) is 11.3 Å². The van der Waals surface area contributed by atoms with Gasteiger partial charge in [0.2, 0.25) is 0 Å². The summed E-state index contributed by atoms with van der Waals surface area (Å²) in [6.07, 6.45) is 4.18. The maximum Gasteiger partial charge on any atom is 0.255 e. The number of morpholine rings is 1. The largest absolute Gasteiger partial charge is 0.397 e. The summed E-state index contributed by atoms with van der Waals surface area (Å²) in [7, 11) is 0. The lowest BCUT2D eigenvalue weighted by atomic mass is 10.0. The van der Waals surface area contributed by atoms with Crippen molar-refractivity contribution >= 4 is 17.3 Å². The van der Waals surface area contributed by atoms with Gasteiger partial charge in [0.1, 0.15) is 6.07 Å². The molecule has 3 heterocycles. The van der Waals surface area contributed by atoms with Crippen molar-refractivity contribution < 1.29 is 9.53 Å². The van der Waals surface area contributed by atoms with Crippen LogP contribution in [0.3, 0.4) is 0 Å². The number of amides is 1. The molecule has 0 spiro atoms. The maximum atomic E-state index is 12.6. The van der Waals surface area contributed by atoms with Crippen LogP contribution in [0.4, 0.5) is 11.4 Å². The fourth-order valence-corrected chi connectivity index (χ4v) is 5.14. The molecule has 2 aromatic carbocycles. The average molecular weight is 497 g/mol. The number of pyridine rings is 1. The van der Waals surface area contributed by atoms with Crippen molar-refractivity contribution in [3.63, 3.8) is 0 Å². The molecule has 2 fully saturated rings. The van der Waals surface area contributed by atoms with Gasteiger partial charge in [0, 0.05) is 43.0 Å². The van der Waals surface area contributed by atoms with Gasteiger partial charge >= 0.3 is 0 Å². The lowest BCUT2D eigenvalue weighted by Gasteiger charge is -2.40. The van der Waals surface area contributed by atoms with Crippen molar-refractivity contribution in [1.82, 2.24) is 14.8 Å². The Bertz CT molecular complexity index is 1270. The fraction of sp³-hybridized carbons (Fsp3) is 0.345. The number of likely N-dealkylation sites (tertiary alicyclic amines) is 1. The number of para-hydroxylation sites is 2. The number of carbonyl (C=O) groups is 1. The van der Waals surface area contributed by atoms with Crippen molar-refractivity contribution in [3.8, 4) is 17.3 Å². The van der Waals surface area contributed by atoms with Crippen molar-refractivity contribution in [1.29, 1.82) is 5.26 Å². The Kier molecular flexibility index (Phi) is 7.76. The molecule has 3 aromatic rings. The van der Waals surface area contributed by atoms with Gasteiger partial charge in [-0.25, -0.2) is 0 Å². The smallest absolute Gasteiger partial charge is 0.255 e. The summed E-state index contributed by atoms with van der Waals surface area (Å²) in [5.74, 6) is -0.245. The van der Waals surface area contributed by atoms with E-state index in [0.717, 1.165) is 69.9 Å². The number of ether oxygens (including phenoxy) is 1. The number of nitriles is 1. The van der Waals surface area contributed by atoms with Crippen LogP contribution in [0.15, 0.2) is 60.8 Å². The van der Waals surface area contributed by atoms with Crippen LogP contribution < -0.4 is 11.1 Å². The van der Waals surface area contributed by atoms with Gasteiger partial charge in [-0.2, -0.15) is 5.26 Å². The zero-order chi connectivity index (χ0) is 25.6. The van der Waals surface area contributed by atoms with E-state index in [0.29, 0.717) is 34.2 Å². The number of benzene rings is 2. The topological polar surface area (TPSA) is 108 Å². The second-order valence-corrected chi connectivity index (χ2v) is 9.63. The Labute approximate surface area is 217 Å². The highest BCUT2D eigenvalue weighted by Crippen LogP contribution is 2.25. The van der Waals surface area contributed by atoms with E-state index in [-0.39, 0.29) is 5.91 Å². The Morgan fingerprint density at radius 3 is 2.51 bits per heavy atom. The van der Waals surface area contributed by atoms with Gasteiger partial charge in [0.15, 0.2) is 0 Å². The third kappa shape index (κ3) is 5.97. The van der Waals surface area contributed by atoms with Crippen molar-refractivity contribution in [2.75, 3.05) is 50.4 Å². The predicted octanol–water partition coefficient (Wildman–Crippen LogP) is 3.75. The van der Waals surface area contributed by atoms with Crippen LogP contribution in [0.2, 0.25) is 0 Å². The fourth-order valence-electron chi connectivity index (χ4n) is 5.14. The first-order valence-electron chi connectivity index (χ1n) is 12.8. The van der Waals surface area contributed by atoms with Gasteiger partial charge in [-0.1, -0.05) is 24.3 Å². The molecule has 8 heteroatoms. The highest BCUT2D eigenvalue weighted by atomic mass is 16.5. The molecule has 0 bridgehead atoms. The molecular weight excluding hydrogens is 464 g/mol. The zero-order valence-electron chi connectivity index (χ0n) is 20.9. The molecule has 2 aliphatic heterocycles. The number of nitrogens with one attached hydrogen (secondary N) is 1. The number of nitrogens with two attached hydrogens (primary N) is 1. The number of piperidine rings is 1. The van der Waals surface area contributed by atoms with E-state index < -0.39 is 0 Å². The number of rotatable bonds is 6. The summed E-state index contributed by atoms with van der Waals surface area (Å²) < 4.78 is 5.49. The molecule has 0 saturated carbocycles. The van der Waals surface area contributed by atoms with Crippen LogP contribution in [0.1, 0.15) is 34.3 Å². The lowest BCUT2D eigenvalue weighted by molar-refractivity contribution is 0.000223. The van der Waals surface area contributed by atoms with E-state index in [1.54, 1.807) is 24.3 Å². The number of nitrogens with zero attached hydrogens (tertiary/aromatic N) is 4. The lowest BCUT2D eigenvalue weighted by Crippen LogP contribution is -2.48. The molecule has 0 aliphatic carbocycles. The monoisotopic (exact) mass is 496 g/mol. The molecule has 1 aromatic heterocycles. The number of anilines is 2. The SMILES string of the molecule is N#Cc1cc(CN2CCC(N3CCOCC3)CC2)cnc1-c1ccc(C(=O)Nc2ccccc2N)cc1. The first kappa shape index (κ1) is 24.9. The summed E-state index contributed by atoms with van der Waals surface area (Å²) in [6.45, 7) is 6.64. The molecule has 5 rings (SSSR count). The van der Waals surface area contributed by atoms with E-state index in [1.165, 1.54) is 0 Å². The standard InChI is InChI=1S/C29H32N6O2/c30-18-24-17-21(20-34-11-9-25(10-12-34)35-13-15-37-16-14-35)19-32-28(24)22-5-7-23(8-6-22)29(36)33-27-4-2-1-3-26(27)31/h1-8,17,19,25H,9-16,20,31H2,(H,33,36). The van der Waals surface area contributed by atoms with Crippen LogP contribution in [-0.2, 0) is 11.3 Å². The highest BCUT2D eigenvalue weighted by Gasteiger charge is 2.26. The molecule has 3 N–H and O–H groups in total. The summed E-state index contributed by atoms with van der Waals surface area (Å²) >= 11 is 0. The minimum Gasteiger partial charge on any atom is -0.397 e. The summed E-state index contributed by atoms with van der Waals surface area (Å²) in [5.41, 5.74) is 10.5. The van der Waals surface area contributed by atoms with Gasteiger partial charge in [-0.05, 0) is 61.8 Å². The highest BCUT2D eigenvalue weighted by molar-refractivity contribution is 6.05. The third-order valence-corrected chi connectivity index (χ3v) is 7.22. The third-order valence-electron chi connectivity index (χ3n) is 7.22. The van der Waals surface area contributed by atoms with E-state index in [2.05, 4.69) is 26.2 Å². The quantitative estimate of drug-likeness (QED) is 0.501. The number of hydrogen-bond donors (Lipinski definition) is 2. The van der Waals surface area contributed by atoms with Crippen LogP contribution in [0, 0.1) is 11.3 Å². The van der Waals surface area contributed by atoms with E-state index in [1.807, 2.05) is 36.5 Å². The number of aromatic nitrogens is 1. The van der Waals surface area contributed by atoms with Gasteiger partial charge in [-0.15, -0.1) is 0 Å². The normalized spacial score (nSPS) is 17.3. The van der Waals surface area contributed by atoms with Crippen LogP contribution >= 0.6 is 0 Å². The number of hydrogen-bond acceptors (Lipinski definition) is 7. The van der Waals surface area contributed by atoms with Gasteiger partial charge in [0.05, 0.1) is 35.8 Å². The minimum absolute atomic E-state index is 0.245. The zero-order valence-corrected chi connectivity index (χ0v) is 20.9. The first-order valence-corrected chi connectivity index (χ1v) is 12.8. The molecule has 0 atom stereocenters. The molecule has 8 nitrogen and oxygen atoms in total. The van der Waals surface area contributed by atoms with Crippen LogP contribution in [-0.4, -0.2) is 66.1 Å². The summed E-state index contributed by atoms with van der Waals surface area (Å²) in [4.78, 5) is 22.3. The predicted molar refractivity (Wildman–Crippen MR) is 144 cm³/mol. The first-order chi connectivity index (χ1) is 18.1. The van der Waals surface area contributed by atoms with Gasteiger partial charge in [-0.3, -0.25) is 19.6 Å². The van der Waals surface area contributed by atoms with Crippen molar-refractivity contribution in [3.05, 3.63) is 77.5 Å². The Balaban J connectivity index is 1.21. The Hall–Kier alpha value is -3.77. The van der Waals surface area contributed by atoms with Gasteiger partial charge in [0.25, 0.3) is 5.91 Å². The molecule has 0 radical (unpaired) electrons. The van der Waals surface area contributed by atoms with Gasteiger partial charge < -0.3 is 15.8 Å². The molecule has 2 aliphatic rings. The van der Waals surface area contributed by atoms with Crippen LogP contribution in [0.5, 0.6) is 0 Å². The molecule has 0 unspecified atom stereocenters. The number of carbonyl (C=O) groups excluding carboxylic acids is 1. The van der Waals surface area contributed by atoms with E-state index >= 15 is 0 Å². The Morgan fingerprint density at radius 2 is 1.81 bits per heavy atom. The second kappa shape index (κ2) is 11.5. The van der Waals surface area contributed by atoms with Crippen molar-refractivity contribution in [2.24, 2.45) is 0 Å². The molecule has 37 heavy (non-hydrogen) atoms.